The molecular formula is C57H33N5. The number of rotatable bonds is 6. The quantitative estimate of drug-likeness (QED) is 0.168. The zero-order chi connectivity index (χ0) is 41.7. The van der Waals surface area contributed by atoms with Crippen molar-refractivity contribution < 1.29 is 0 Å². The molecule has 9 aromatic carbocycles. The maximum absolute atomic E-state index is 11.0. The maximum Gasteiger partial charge on any atom is 0.100 e. The fourth-order valence-corrected chi connectivity index (χ4v) is 9.45. The molecule has 0 aliphatic carbocycles. The van der Waals surface area contributed by atoms with Crippen molar-refractivity contribution in [2.24, 2.45) is 0 Å². The molecule has 5 heteroatoms. The summed E-state index contributed by atoms with van der Waals surface area (Å²) in [5.41, 5.74) is 13.7. The van der Waals surface area contributed by atoms with Crippen molar-refractivity contribution >= 4 is 43.6 Å². The molecule has 0 N–H and O–H groups in total. The lowest BCUT2D eigenvalue weighted by atomic mass is 9.83. The average Bonchev–Trinajstić information content (AvgIpc) is 3.87. The Morgan fingerprint density at radius 3 is 1.52 bits per heavy atom. The van der Waals surface area contributed by atoms with Gasteiger partial charge in [0.1, 0.15) is 12.1 Å². The summed E-state index contributed by atoms with van der Waals surface area (Å²) in [6.45, 7) is 0. The van der Waals surface area contributed by atoms with E-state index in [2.05, 4.69) is 130 Å². The van der Waals surface area contributed by atoms with Gasteiger partial charge in [-0.2, -0.15) is 15.8 Å². The Hall–Kier alpha value is -8.95. The first-order valence-electron chi connectivity index (χ1n) is 20.5. The van der Waals surface area contributed by atoms with Crippen molar-refractivity contribution in [2.45, 2.75) is 0 Å². The third kappa shape index (κ3) is 5.53. The van der Waals surface area contributed by atoms with Gasteiger partial charge in [0.05, 0.1) is 44.8 Å². The third-order valence-corrected chi connectivity index (χ3v) is 12.1. The van der Waals surface area contributed by atoms with Crippen LogP contribution in [-0.2, 0) is 0 Å². The zero-order valence-electron chi connectivity index (χ0n) is 33.3. The highest BCUT2D eigenvalue weighted by Crippen LogP contribution is 2.46. The van der Waals surface area contributed by atoms with Gasteiger partial charge in [0.25, 0.3) is 0 Å². The smallest absolute Gasteiger partial charge is 0.100 e. The second-order valence-electron chi connectivity index (χ2n) is 15.3. The Kier molecular flexibility index (Phi) is 8.57. The molecule has 0 atom stereocenters. The van der Waals surface area contributed by atoms with Crippen LogP contribution in [-0.4, -0.2) is 9.13 Å². The minimum absolute atomic E-state index is 0.383. The summed E-state index contributed by atoms with van der Waals surface area (Å²) in [5, 5.41) is 37.1. The number of hydrogen-bond acceptors (Lipinski definition) is 3. The standard InChI is InChI=1S/C57H33N5/c58-34-40-32-39(48-33-47(37-16-5-1-6-17-37)49(35-59)54(50(48)36-60)38-18-7-2-8-19-38)28-29-43(40)44-25-15-26-46-56-53(62(57(44)46)42-22-11-4-12-23-42)31-30-52-55(56)45-24-13-14-27-51(45)61(52)41-20-9-3-10-21-41/h1-33H. The SMILES string of the molecule is N#Cc1cc(-c2cc(-c3ccccc3)c(C#N)c(-c3ccccc3)c2C#N)ccc1-c1cccc2c3c4c5ccccc5n(-c5ccccc5)c4ccc3n(-c3ccccc3)c12. The van der Waals surface area contributed by atoms with Crippen LogP contribution >= 0.6 is 0 Å². The summed E-state index contributed by atoms with van der Waals surface area (Å²) in [6.07, 6.45) is 0. The lowest BCUT2D eigenvalue weighted by molar-refractivity contribution is 1.17. The van der Waals surface area contributed by atoms with Gasteiger partial charge in [-0.3, -0.25) is 0 Å². The van der Waals surface area contributed by atoms with Gasteiger partial charge in [0.15, 0.2) is 0 Å². The van der Waals surface area contributed by atoms with Crippen molar-refractivity contribution in [3.05, 3.63) is 217 Å². The van der Waals surface area contributed by atoms with Crippen LogP contribution in [0.2, 0.25) is 0 Å². The lowest BCUT2D eigenvalue weighted by Crippen LogP contribution is -1.99. The highest BCUT2D eigenvalue weighted by Gasteiger charge is 2.25. The van der Waals surface area contributed by atoms with Crippen LogP contribution in [0, 0.1) is 34.0 Å². The van der Waals surface area contributed by atoms with Crippen LogP contribution in [0.25, 0.3) is 99.5 Å². The Morgan fingerprint density at radius 2 is 0.871 bits per heavy atom. The third-order valence-electron chi connectivity index (χ3n) is 12.1. The summed E-state index contributed by atoms with van der Waals surface area (Å²) in [4.78, 5) is 0. The molecule has 0 amide bonds. The molecular weight excluding hydrogens is 755 g/mol. The van der Waals surface area contributed by atoms with Crippen molar-refractivity contribution in [3.8, 4) is 74.1 Å². The van der Waals surface area contributed by atoms with Gasteiger partial charge >= 0.3 is 0 Å². The highest BCUT2D eigenvalue weighted by atomic mass is 15.0. The molecule has 286 valence electrons. The van der Waals surface area contributed by atoms with Crippen LogP contribution in [0.1, 0.15) is 16.7 Å². The van der Waals surface area contributed by atoms with Gasteiger partial charge in [-0.25, -0.2) is 0 Å². The fourth-order valence-electron chi connectivity index (χ4n) is 9.45. The Balaban J connectivity index is 1.19. The van der Waals surface area contributed by atoms with E-state index in [-0.39, 0.29) is 0 Å². The monoisotopic (exact) mass is 787 g/mol. The van der Waals surface area contributed by atoms with Crippen LogP contribution in [0.4, 0.5) is 0 Å². The largest absolute Gasteiger partial charge is 0.309 e. The van der Waals surface area contributed by atoms with E-state index >= 15 is 0 Å². The molecule has 62 heavy (non-hydrogen) atoms. The summed E-state index contributed by atoms with van der Waals surface area (Å²) >= 11 is 0. The fraction of sp³-hybridized carbons (Fsp3) is 0. The number of fused-ring (bicyclic) bond motifs is 7. The molecule has 0 aliphatic rings. The van der Waals surface area contributed by atoms with Crippen LogP contribution in [0.3, 0.4) is 0 Å². The molecule has 0 saturated heterocycles. The van der Waals surface area contributed by atoms with E-state index in [1.54, 1.807) is 0 Å². The normalized spacial score (nSPS) is 11.2. The maximum atomic E-state index is 11.0. The van der Waals surface area contributed by atoms with Crippen LogP contribution < -0.4 is 0 Å². The number of nitriles is 3. The van der Waals surface area contributed by atoms with Crippen molar-refractivity contribution in [2.75, 3.05) is 0 Å². The average molecular weight is 788 g/mol. The molecule has 0 spiro atoms. The molecule has 11 aromatic rings. The van der Waals surface area contributed by atoms with E-state index in [4.69, 9.17) is 0 Å². The molecule has 0 aliphatic heterocycles. The lowest BCUT2D eigenvalue weighted by Gasteiger charge is -2.18. The Bertz CT molecular complexity index is 3690. The number of hydrogen-bond donors (Lipinski definition) is 0. The first kappa shape index (κ1) is 36.2. The molecule has 11 rings (SSSR count). The highest BCUT2D eigenvalue weighted by molar-refractivity contribution is 6.30. The zero-order valence-corrected chi connectivity index (χ0v) is 33.3. The summed E-state index contributed by atoms with van der Waals surface area (Å²) in [5.74, 6) is 0. The second-order valence-corrected chi connectivity index (χ2v) is 15.3. The van der Waals surface area contributed by atoms with Gasteiger partial charge in [0, 0.05) is 60.7 Å². The molecule has 0 bridgehead atoms. The number of aromatic nitrogens is 2. The molecule has 0 radical (unpaired) electrons. The van der Waals surface area contributed by atoms with Crippen molar-refractivity contribution in [3.63, 3.8) is 0 Å². The Labute approximate surface area is 358 Å². The summed E-state index contributed by atoms with van der Waals surface area (Å²) in [7, 11) is 0. The van der Waals surface area contributed by atoms with E-state index in [1.807, 2.05) is 97.1 Å². The summed E-state index contributed by atoms with van der Waals surface area (Å²) in [6, 6.07) is 75.0. The molecule has 5 nitrogen and oxygen atoms in total. The number of nitrogens with zero attached hydrogens (tertiary/aromatic N) is 5. The van der Waals surface area contributed by atoms with Crippen molar-refractivity contribution in [1.82, 2.24) is 9.13 Å². The Morgan fingerprint density at radius 1 is 0.339 bits per heavy atom. The van der Waals surface area contributed by atoms with Crippen LogP contribution in [0.15, 0.2) is 200 Å². The van der Waals surface area contributed by atoms with Gasteiger partial charge < -0.3 is 9.13 Å². The molecule has 2 aromatic heterocycles. The van der Waals surface area contributed by atoms with Gasteiger partial charge in [0.2, 0.25) is 0 Å². The second kappa shape index (κ2) is 14.7. The predicted molar refractivity (Wildman–Crippen MR) is 251 cm³/mol. The topological polar surface area (TPSA) is 81.2 Å². The van der Waals surface area contributed by atoms with Crippen LogP contribution in [0.5, 0.6) is 0 Å². The first-order valence-corrected chi connectivity index (χ1v) is 20.5. The van der Waals surface area contributed by atoms with Gasteiger partial charge in [-0.1, -0.05) is 146 Å². The first-order chi connectivity index (χ1) is 30.7. The molecule has 2 heterocycles. The number of benzene rings is 9. The van der Waals surface area contributed by atoms with E-state index in [0.717, 1.165) is 77.4 Å². The van der Waals surface area contributed by atoms with E-state index in [1.165, 1.54) is 5.39 Å². The molecule has 0 saturated carbocycles. The van der Waals surface area contributed by atoms with Crippen molar-refractivity contribution in [1.29, 1.82) is 15.8 Å². The molecule has 0 unspecified atom stereocenters. The number of para-hydroxylation sites is 4. The minimum Gasteiger partial charge on any atom is -0.309 e. The summed E-state index contributed by atoms with van der Waals surface area (Å²) < 4.78 is 4.67. The van der Waals surface area contributed by atoms with E-state index in [0.29, 0.717) is 33.4 Å². The molecule has 0 fully saturated rings. The van der Waals surface area contributed by atoms with Gasteiger partial charge in [-0.05, 0) is 71.3 Å². The van der Waals surface area contributed by atoms with E-state index in [9.17, 15) is 15.8 Å². The van der Waals surface area contributed by atoms with Gasteiger partial charge in [-0.15, -0.1) is 0 Å². The predicted octanol–water partition coefficient (Wildman–Crippen LogP) is 14.2. The minimum atomic E-state index is 0.383. The van der Waals surface area contributed by atoms with E-state index < -0.39 is 0 Å².